The van der Waals surface area contributed by atoms with E-state index in [-0.39, 0.29) is 31.4 Å². The highest BCUT2D eigenvalue weighted by Crippen LogP contribution is 2.48. The van der Waals surface area contributed by atoms with Crippen LogP contribution in [0.25, 0.3) is 0 Å². The zero-order valence-electron chi connectivity index (χ0n) is 25.4. The molecule has 3 aliphatic rings. The highest BCUT2D eigenvalue weighted by atomic mass is 19.1. The number of halogens is 1. The average molecular weight is 603 g/mol. The number of benzene rings is 3. The van der Waals surface area contributed by atoms with Crippen LogP contribution in [0.3, 0.4) is 0 Å². The van der Waals surface area contributed by atoms with Crippen molar-refractivity contribution in [1.29, 1.82) is 0 Å². The number of nitrogens with zero attached hydrogens (tertiary/aromatic N) is 1. The van der Waals surface area contributed by atoms with Crippen LogP contribution in [0.15, 0.2) is 48.5 Å². The number of carboxylic acids is 1. The van der Waals surface area contributed by atoms with Gasteiger partial charge in [0.15, 0.2) is 11.5 Å². The molecular formula is C35H39FN2O6. The van der Waals surface area contributed by atoms with Crippen molar-refractivity contribution in [3.63, 3.8) is 0 Å². The largest absolute Gasteiger partial charge is 0.493 e. The van der Waals surface area contributed by atoms with E-state index in [0.717, 1.165) is 40.8 Å². The van der Waals surface area contributed by atoms with Gasteiger partial charge in [0.25, 0.3) is 0 Å². The van der Waals surface area contributed by atoms with Crippen molar-refractivity contribution in [2.75, 3.05) is 31.8 Å². The van der Waals surface area contributed by atoms with E-state index >= 15 is 4.39 Å². The zero-order chi connectivity index (χ0) is 31.0. The quantitative estimate of drug-likeness (QED) is 0.268. The number of likely N-dealkylation sites (tertiary alicyclic amines) is 1. The number of nitrogens with one attached hydrogen (secondary N) is 1. The lowest BCUT2D eigenvalue weighted by atomic mass is 9.82. The summed E-state index contributed by atoms with van der Waals surface area (Å²) in [4.78, 5) is 28.5. The number of aryl methyl sites for hydroxylation is 3. The number of amides is 1. The summed E-state index contributed by atoms with van der Waals surface area (Å²) in [5.74, 6) is -1.63. The van der Waals surface area contributed by atoms with E-state index in [4.69, 9.17) is 14.2 Å². The molecule has 2 N–H and O–H groups in total. The molecule has 0 radical (unpaired) electrons. The molecule has 6 rings (SSSR count). The minimum absolute atomic E-state index is 0.0200. The van der Waals surface area contributed by atoms with Gasteiger partial charge in [0.05, 0.1) is 19.1 Å². The molecule has 0 aromatic heterocycles. The van der Waals surface area contributed by atoms with Gasteiger partial charge in [0, 0.05) is 30.3 Å². The van der Waals surface area contributed by atoms with E-state index < -0.39 is 29.7 Å². The second-order valence-electron chi connectivity index (χ2n) is 12.1. The summed E-state index contributed by atoms with van der Waals surface area (Å²) in [6.45, 7) is 6.91. The number of anilines is 1. The lowest BCUT2D eigenvalue weighted by Crippen LogP contribution is -2.35. The number of carboxylic acid groups (broad SMARTS) is 1. The molecule has 2 heterocycles. The number of fused-ring (bicyclic) bond motifs is 1. The van der Waals surface area contributed by atoms with Crippen LogP contribution in [0.2, 0.25) is 0 Å². The van der Waals surface area contributed by atoms with Gasteiger partial charge in [-0.1, -0.05) is 43.7 Å². The molecule has 232 valence electrons. The van der Waals surface area contributed by atoms with E-state index in [1.54, 1.807) is 6.07 Å². The first-order valence-electron chi connectivity index (χ1n) is 15.5. The minimum atomic E-state index is -1.06. The van der Waals surface area contributed by atoms with Gasteiger partial charge in [-0.3, -0.25) is 14.5 Å². The van der Waals surface area contributed by atoms with Crippen molar-refractivity contribution in [1.82, 2.24) is 4.90 Å². The van der Waals surface area contributed by atoms with Crippen LogP contribution in [0.1, 0.15) is 66.5 Å². The van der Waals surface area contributed by atoms with Gasteiger partial charge in [-0.15, -0.1) is 0 Å². The molecule has 1 amide bonds. The van der Waals surface area contributed by atoms with Gasteiger partial charge in [0.1, 0.15) is 11.6 Å². The molecule has 3 aromatic carbocycles. The van der Waals surface area contributed by atoms with Crippen LogP contribution < -0.4 is 19.5 Å². The Hall–Kier alpha value is -4.11. The summed E-state index contributed by atoms with van der Waals surface area (Å²) in [6.07, 6.45) is 3.88. The first kappa shape index (κ1) is 29.9. The Morgan fingerprint density at radius 1 is 1.02 bits per heavy atom. The Kier molecular flexibility index (Phi) is 8.49. The number of aliphatic carboxylic acids is 1. The molecule has 2 fully saturated rings. The van der Waals surface area contributed by atoms with Crippen molar-refractivity contribution in [3.8, 4) is 17.2 Å². The predicted octanol–water partition coefficient (Wildman–Crippen LogP) is 6.26. The molecule has 1 unspecified atom stereocenters. The Balaban J connectivity index is 1.33. The Morgan fingerprint density at radius 3 is 2.30 bits per heavy atom. The maximum atomic E-state index is 15.5. The van der Waals surface area contributed by atoms with Gasteiger partial charge in [-0.05, 0) is 79.0 Å². The summed E-state index contributed by atoms with van der Waals surface area (Å²) in [5, 5.41) is 13.7. The Morgan fingerprint density at radius 2 is 1.68 bits per heavy atom. The third-order valence-corrected chi connectivity index (χ3v) is 9.00. The first-order valence-corrected chi connectivity index (χ1v) is 15.5. The first-order chi connectivity index (χ1) is 21.2. The molecule has 44 heavy (non-hydrogen) atoms. The van der Waals surface area contributed by atoms with Crippen LogP contribution in [-0.2, 0) is 22.4 Å². The maximum absolute atomic E-state index is 15.5. The van der Waals surface area contributed by atoms with Crippen molar-refractivity contribution >= 4 is 17.6 Å². The number of carbonyl (C=O) groups excluding carboxylic acids is 1. The van der Waals surface area contributed by atoms with E-state index in [9.17, 15) is 14.7 Å². The lowest BCUT2D eigenvalue weighted by molar-refractivity contribution is -0.143. The number of rotatable bonds is 11. The molecular weight excluding hydrogens is 563 g/mol. The summed E-state index contributed by atoms with van der Waals surface area (Å²) in [7, 11) is 0. The Bertz CT molecular complexity index is 1530. The predicted molar refractivity (Wildman–Crippen MR) is 164 cm³/mol. The molecule has 9 heteroatoms. The summed E-state index contributed by atoms with van der Waals surface area (Å²) < 4.78 is 32.2. The Labute approximate surface area is 257 Å². The van der Waals surface area contributed by atoms with Crippen LogP contribution in [0, 0.1) is 24.6 Å². The van der Waals surface area contributed by atoms with Crippen molar-refractivity contribution in [2.24, 2.45) is 11.8 Å². The molecule has 8 nitrogen and oxygen atoms in total. The standard InChI is InChI=1S/C35H39FN2O6/c1-4-22-12-20(3)13-23(5-2)33(22)37-31(39)17-38-16-27(26-14-29-30(15-28(26)36)44-19-43-29)32(35(40)41)34(38)24-8-10-25(11-9-24)42-18-21-6-7-21/h8-15,21,27,32,34H,4-7,16-19H2,1-3H3,(H,37,39)(H,40,41)/t27-,32?,34+/m1/s1. The van der Waals surface area contributed by atoms with Gasteiger partial charge in [-0.25, -0.2) is 4.39 Å². The maximum Gasteiger partial charge on any atom is 0.309 e. The summed E-state index contributed by atoms with van der Waals surface area (Å²) in [5.41, 5.74) is 5.02. The van der Waals surface area contributed by atoms with Crippen molar-refractivity contribution in [3.05, 3.63) is 82.2 Å². The highest BCUT2D eigenvalue weighted by molar-refractivity contribution is 5.94. The highest BCUT2D eigenvalue weighted by Gasteiger charge is 2.49. The van der Waals surface area contributed by atoms with E-state index in [0.29, 0.717) is 29.8 Å². The minimum Gasteiger partial charge on any atom is -0.493 e. The van der Waals surface area contributed by atoms with E-state index in [1.807, 2.05) is 36.1 Å². The monoisotopic (exact) mass is 602 g/mol. The SMILES string of the molecule is CCc1cc(C)cc(CC)c1NC(=O)CN1C[C@H](c2cc3c(cc2F)OCO3)C(C(=O)O)[C@@H]1c1ccc(OCC2CC2)cc1. The van der Waals surface area contributed by atoms with Gasteiger partial charge >= 0.3 is 5.97 Å². The van der Waals surface area contributed by atoms with Crippen molar-refractivity contribution < 1.29 is 33.3 Å². The van der Waals surface area contributed by atoms with E-state index in [2.05, 4.69) is 31.3 Å². The summed E-state index contributed by atoms with van der Waals surface area (Å²) in [6, 6.07) is 13.7. The fourth-order valence-corrected chi connectivity index (χ4v) is 6.61. The topological polar surface area (TPSA) is 97.3 Å². The third kappa shape index (κ3) is 6.11. The average Bonchev–Trinajstić information content (AvgIpc) is 3.61. The molecule has 3 atom stereocenters. The third-order valence-electron chi connectivity index (χ3n) is 9.00. The van der Waals surface area contributed by atoms with Gasteiger partial charge < -0.3 is 24.6 Å². The number of ether oxygens (including phenoxy) is 3. The second kappa shape index (κ2) is 12.5. The number of hydrogen-bond acceptors (Lipinski definition) is 6. The smallest absolute Gasteiger partial charge is 0.309 e. The van der Waals surface area contributed by atoms with Crippen LogP contribution >= 0.6 is 0 Å². The molecule has 1 aliphatic carbocycles. The number of carbonyl (C=O) groups is 2. The molecule has 3 aromatic rings. The van der Waals surface area contributed by atoms with Crippen LogP contribution in [0.4, 0.5) is 10.1 Å². The normalized spacial score (nSPS) is 21.0. The van der Waals surface area contributed by atoms with Gasteiger partial charge in [0.2, 0.25) is 12.7 Å². The zero-order valence-corrected chi connectivity index (χ0v) is 25.4. The van der Waals surface area contributed by atoms with Crippen molar-refractivity contribution in [2.45, 2.75) is 58.4 Å². The molecule has 0 spiro atoms. The van der Waals surface area contributed by atoms with Gasteiger partial charge in [-0.2, -0.15) is 0 Å². The molecule has 1 saturated carbocycles. The van der Waals surface area contributed by atoms with Crippen LogP contribution in [0.5, 0.6) is 17.2 Å². The fourth-order valence-electron chi connectivity index (χ4n) is 6.61. The van der Waals surface area contributed by atoms with E-state index in [1.165, 1.54) is 18.9 Å². The van der Waals surface area contributed by atoms with Crippen LogP contribution in [-0.4, -0.2) is 48.4 Å². The lowest BCUT2D eigenvalue weighted by Gasteiger charge is -2.27. The second-order valence-corrected chi connectivity index (χ2v) is 12.1. The molecule has 2 aliphatic heterocycles. The molecule has 1 saturated heterocycles. The fraction of sp³-hybridized carbons (Fsp3) is 0.429. The summed E-state index contributed by atoms with van der Waals surface area (Å²) >= 11 is 0. The molecule has 0 bridgehead atoms. The number of hydrogen-bond donors (Lipinski definition) is 2.